The van der Waals surface area contributed by atoms with Gasteiger partial charge in [-0.25, -0.2) is 0 Å². The third kappa shape index (κ3) is 12.8. The van der Waals surface area contributed by atoms with Gasteiger partial charge >= 0.3 is 0 Å². The molecule has 0 saturated carbocycles. The van der Waals surface area contributed by atoms with Crippen LogP contribution in [0.3, 0.4) is 0 Å². The van der Waals surface area contributed by atoms with Crippen molar-refractivity contribution in [3.05, 3.63) is 228 Å². The van der Waals surface area contributed by atoms with E-state index in [9.17, 15) is 9.59 Å². The minimum absolute atomic E-state index is 0.00619. The second kappa shape index (κ2) is 25.3. The molecule has 0 aliphatic rings. The van der Waals surface area contributed by atoms with Crippen LogP contribution in [-0.2, 0) is 10.8 Å². The van der Waals surface area contributed by atoms with Gasteiger partial charge in [-0.2, -0.15) is 0 Å². The lowest BCUT2D eigenvalue weighted by Crippen LogP contribution is -2.54. The lowest BCUT2D eigenvalue weighted by molar-refractivity contribution is -0.0283. The summed E-state index contributed by atoms with van der Waals surface area (Å²) in [4.78, 5) is 27.2. The molecular formula is C72H78O7. The van der Waals surface area contributed by atoms with Crippen LogP contribution >= 0.6 is 0 Å². The Morgan fingerprint density at radius 3 is 0.899 bits per heavy atom. The van der Waals surface area contributed by atoms with Gasteiger partial charge in [-0.05, 0) is 207 Å². The van der Waals surface area contributed by atoms with Gasteiger partial charge in [0.25, 0.3) is 0 Å². The predicted molar refractivity (Wildman–Crippen MR) is 321 cm³/mol. The lowest BCUT2D eigenvalue weighted by atomic mass is 9.61. The molecule has 0 radical (unpaired) electrons. The first-order chi connectivity index (χ1) is 38.2. The molecule has 0 heterocycles. The summed E-state index contributed by atoms with van der Waals surface area (Å²) in [5.74, 6) is 5.64. The molecule has 7 heteroatoms. The van der Waals surface area contributed by atoms with Crippen molar-refractivity contribution in [1.82, 2.24) is 0 Å². The standard InChI is InChI=1S/C72H78O7/c1-11-69(9,12-2)57-31-19-53(20-32-57)67(73)55-27-37-60(38-28-55)75-59-35-23-51(24-36-59)52-25-41-66(42-26-52)79-72(17-7,18-8)71(15-5,16-6)58-33-21-54(22-34-58)68(74)56-29-39-61(40-30-56)76-62-43-45-63(46-44-62)77-64-47-49-65(50-48-64)78-70(10,13-3)14-4/h19-50H,11-18H2,1-10H3. The van der Waals surface area contributed by atoms with Crippen LogP contribution in [0.5, 0.6) is 46.0 Å². The second-order valence-corrected chi connectivity index (χ2v) is 21.3. The Morgan fingerprint density at radius 1 is 0.304 bits per heavy atom. The van der Waals surface area contributed by atoms with Gasteiger partial charge in [-0.15, -0.1) is 0 Å². The zero-order valence-electron chi connectivity index (χ0n) is 48.0. The van der Waals surface area contributed by atoms with Gasteiger partial charge in [-0.1, -0.05) is 135 Å². The summed E-state index contributed by atoms with van der Waals surface area (Å²) in [6, 6.07) is 62.4. The fourth-order valence-corrected chi connectivity index (χ4v) is 10.9. The predicted octanol–water partition coefficient (Wildman–Crippen LogP) is 19.9. The molecule has 8 rings (SSSR count). The number of hydrogen-bond acceptors (Lipinski definition) is 7. The van der Waals surface area contributed by atoms with Crippen LogP contribution in [-0.4, -0.2) is 22.8 Å². The monoisotopic (exact) mass is 1050 g/mol. The van der Waals surface area contributed by atoms with E-state index in [0.29, 0.717) is 51.0 Å². The van der Waals surface area contributed by atoms with Gasteiger partial charge in [0.2, 0.25) is 0 Å². The number of ketones is 2. The summed E-state index contributed by atoms with van der Waals surface area (Å²) in [5, 5.41) is 0. The van der Waals surface area contributed by atoms with Crippen LogP contribution in [0, 0.1) is 0 Å². The van der Waals surface area contributed by atoms with Gasteiger partial charge in [-0.3, -0.25) is 9.59 Å². The van der Waals surface area contributed by atoms with E-state index >= 15 is 0 Å². The summed E-state index contributed by atoms with van der Waals surface area (Å²) >= 11 is 0. The van der Waals surface area contributed by atoms with Crippen LogP contribution in [0.15, 0.2) is 194 Å². The molecule has 0 unspecified atom stereocenters. The Balaban J connectivity index is 0.863. The van der Waals surface area contributed by atoms with Crippen molar-refractivity contribution in [3.63, 3.8) is 0 Å². The van der Waals surface area contributed by atoms with Crippen LogP contribution in [0.4, 0.5) is 0 Å². The molecule has 0 fully saturated rings. The van der Waals surface area contributed by atoms with Gasteiger partial charge in [0.1, 0.15) is 57.2 Å². The molecule has 79 heavy (non-hydrogen) atoms. The number of benzene rings is 8. The topological polar surface area (TPSA) is 80.3 Å². The van der Waals surface area contributed by atoms with Crippen LogP contribution in [0.2, 0.25) is 0 Å². The Kier molecular flexibility index (Phi) is 18.3. The molecule has 7 nitrogen and oxygen atoms in total. The number of carbonyl (C=O) groups is 2. The van der Waals surface area contributed by atoms with E-state index in [0.717, 1.165) is 85.3 Å². The largest absolute Gasteiger partial charge is 0.488 e. The Labute approximate surface area is 469 Å². The number of ether oxygens (including phenoxy) is 5. The first kappa shape index (κ1) is 57.3. The molecule has 0 aliphatic heterocycles. The normalized spacial score (nSPS) is 11.9. The highest BCUT2D eigenvalue weighted by molar-refractivity contribution is 6.09. The molecule has 0 aromatic heterocycles. The minimum Gasteiger partial charge on any atom is -0.488 e. The van der Waals surface area contributed by atoms with Gasteiger partial charge in [0.05, 0.1) is 0 Å². The highest BCUT2D eigenvalue weighted by Crippen LogP contribution is 2.48. The average Bonchev–Trinajstić information content (AvgIpc) is 3.60. The molecule has 0 aliphatic carbocycles. The smallest absolute Gasteiger partial charge is 0.193 e. The van der Waals surface area contributed by atoms with Crippen molar-refractivity contribution in [3.8, 4) is 57.1 Å². The van der Waals surface area contributed by atoms with Crippen molar-refractivity contribution in [1.29, 1.82) is 0 Å². The molecular weight excluding hydrogens is 977 g/mol. The van der Waals surface area contributed by atoms with Crippen LogP contribution < -0.4 is 23.7 Å². The summed E-state index contributed by atoms with van der Waals surface area (Å²) in [6.07, 6.45) is 7.28. The molecule has 0 atom stereocenters. The molecule has 8 aromatic carbocycles. The highest BCUT2D eigenvalue weighted by atomic mass is 16.5. The summed E-state index contributed by atoms with van der Waals surface area (Å²) in [5.41, 5.74) is 6.13. The summed E-state index contributed by atoms with van der Waals surface area (Å²) in [7, 11) is 0. The maximum atomic E-state index is 13.9. The second-order valence-electron chi connectivity index (χ2n) is 21.3. The zero-order chi connectivity index (χ0) is 56.2. The van der Waals surface area contributed by atoms with Crippen molar-refractivity contribution in [2.45, 2.75) is 143 Å². The molecule has 0 bridgehead atoms. The van der Waals surface area contributed by atoms with E-state index in [1.807, 2.05) is 133 Å². The molecule has 408 valence electrons. The maximum absolute atomic E-state index is 13.9. The third-order valence-corrected chi connectivity index (χ3v) is 17.1. The van der Waals surface area contributed by atoms with Gasteiger partial charge < -0.3 is 23.7 Å². The number of rotatable bonds is 26. The molecule has 0 saturated heterocycles. The van der Waals surface area contributed by atoms with Crippen molar-refractivity contribution in [2.24, 2.45) is 0 Å². The van der Waals surface area contributed by atoms with Gasteiger partial charge in [0, 0.05) is 27.7 Å². The Morgan fingerprint density at radius 2 is 0.582 bits per heavy atom. The van der Waals surface area contributed by atoms with E-state index in [-0.39, 0.29) is 28.0 Å². The van der Waals surface area contributed by atoms with E-state index in [4.69, 9.17) is 23.7 Å². The van der Waals surface area contributed by atoms with E-state index < -0.39 is 5.60 Å². The molecule has 8 aromatic rings. The fourth-order valence-electron chi connectivity index (χ4n) is 10.9. The van der Waals surface area contributed by atoms with E-state index in [2.05, 4.69) is 130 Å². The summed E-state index contributed by atoms with van der Waals surface area (Å²) in [6.45, 7) is 22.0. The Hall–Kier alpha value is -7.90. The van der Waals surface area contributed by atoms with E-state index in [1.165, 1.54) is 5.56 Å². The lowest BCUT2D eigenvalue weighted by Gasteiger charge is -2.50. The first-order valence-electron chi connectivity index (χ1n) is 28.5. The van der Waals surface area contributed by atoms with Crippen molar-refractivity contribution < 1.29 is 33.3 Å². The number of hydrogen-bond donors (Lipinski definition) is 0. The van der Waals surface area contributed by atoms with Crippen molar-refractivity contribution >= 4 is 11.6 Å². The summed E-state index contributed by atoms with van der Waals surface area (Å²) < 4.78 is 31.8. The van der Waals surface area contributed by atoms with E-state index in [1.54, 1.807) is 0 Å². The van der Waals surface area contributed by atoms with Crippen molar-refractivity contribution in [2.75, 3.05) is 0 Å². The third-order valence-electron chi connectivity index (χ3n) is 17.1. The molecule has 0 N–H and O–H groups in total. The average molecular weight is 1060 g/mol. The number of carbonyl (C=O) groups excluding carboxylic acids is 2. The SMILES string of the molecule is CCC(C)(CC)Oc1ccc(Oc2ccc(Oc3ccc(C(=O)c4ccc(C(CC)(CC)C(CC)(CC)Oc5ccc(-c6ccc(Oc7ccc(C(=O)c8ccc(C(C)(CC)CC)cc8)cc7)cc6)cc5)cc4)cc3)cc2)cc1. The maximum Gasteiger partial charge on any atom is 0.193 e. The minimum atomic E-state index is -0.512. The zero-order valence-corrected chi connectivity index (χ0v) is 48.0. The Bertz CT molecular complexity index is 3210. The van der Waals surface area contributed by atoms with Crippen LogP contribution in [0.25, 0.3) is 11.1 Å². The van der Waals surface area contributed by atoms with Crippen LogP contribution in [0.1, 0.15) is 164 Å². The molecule has 0 spiro atoms. The van der Waals surface area contributed by atoms with Gasteiger partial charge in [0.15, 0.2) is 11.6 Å². The first-order valence-corrected chi connectivity index (χ1v) is 28.5. The quantitative estimate of drug-likeness (QED) is 0.0500. The molecule has 0 amide bonds. The fraction of sp³-hybridized carbons (Fsp3) is 0.306. The highest BCUT2D eigenvalue weighted by Gasteiger charge is 2.50.